The van der Waals surface area contributed by atoms with Crippen LogP contribution in [0.15, 0.2) is 42.5 Å². The molecule has 1 aliphatic carbocycles. The van der Waals surface area contributed by atoms with Crippen molar-refractivity contribution in [2.45, 2.75) is 51.0 Å². The molecule has 0 saturated carbocycles. The van der Waals surface area contributed by atoms with Gasteiger partial charge in [-0.1, -0.05) is 37.3 Å². The molecular formula is C22H27N3O3. The van der Waals surface area contributed by atoms with Crippen LogP contribution in [-0.4, -0.2) is 23.8 Å². The van der Waals surface area contributed by atoms with Gasteiger partial charge in [0.05, 0.1) is 6.04 Å². The van der Waals surface area contributed by atoms with Crippen LogP contribution in [0.25, 0.3) is 0 Å². The standard InChI is InChI=1S/C22H27N3O3/c1-2-20-24-21(25-28-20)16-6-8-18-15(13-16)7-9-19(18)23-22(27)17-5-3-4-14(12-17)10-11-26/h3-6,8,12-13,19-21,24-26H,2,7,9-11H2,1H3,(H,23,27)/t19-,20?,21?/m1/s1. The van der Waals surface area contributed by atoms with Crippen molar-refractivity contribution in [2.75, 3.05) is 6.61 Å². The minimum absolute atomic E-state index is 0.00171. The van der Waals surface area contributed by atoms with Crippen molar-refractivity contribution < 1.29 is 14.7 Å². The first-order valence-electron chi connectivity index (χ1n) is 9.98. The zero-order chi connectivity index (χ0) is 19.5. The van der Waals surface area contributed by atoms with E-state index < -0.39 is 0 Å². The fourth-order valence-corrected chi connectivity index (χ4v) is 3.98. The Kier molecular flexibility index (Phi) is 5.73. The van der Waals surface area contributed by atoms with E-state index in [-0.39, 0.29) is 30.9 Å². The van der Waals surface area contributed by atoms with Crippen molar-refractivity contribution >= 4 is 5.91 Å². The zero-order valence-electron chi connectivity index (χ0n) is 16.1. The second kappa shape index (κ2) is 8.41. The van der Waals surface area contributed by atoms with E-state index in [9.17, 15) is 4.79 Å². The summed E-state index contributed by atoms with van der Waals surface area (Å²) in [6.45, 7) is 2.16. The summed E-state index contributed by atoms with van der Waals surface area (Å²) in [4.78, 5) is 18.2. The van der Waals surface area contributed by atoms with E-state index in [4.69, 9.17) is 9.94 Å². The van der Waals surface area contributed by atoms with E-state index >= 15 is 0 Å². The van der Waals surface area contributed by atoms with Crippen molar-refractivity contribution in [3.8, 4) is 0 Å². The summed E-state index contributed by atoms with van der Waals surface area (Å²) in [5.41, 5.74) is 8.27. The molecule has 1 fully saturated rings. The number of fused-ring (bicyclic) bond motifs is 1. The third-order valence-electron chi connectivity index (χ3n) is 5.52. The van der Waals surface area contributed by atoms with Gasteiger partial charge < -0.3 is 10.4 Å². The molecule has 6 heteroatoms. The number of nitrogens with one attached hydrogen (secondary N) is 3. The summed E-state index contributed by atoms with van der Waals surface area (Å²) < 4.78 is 0. The Morgan fingerprint density at radius 3 is 2.96 bits per heavy atom. The summed E-state index contributed by atoms with van der Waals surface area (Å²) in [5.74, 6) is -0.0694. The fourth-order valence-electron chi connectivity index (χ4n) is 3.98. The second-order valence-corrected chi connectivity index (χ2v) is 7.43. The van der Waals surface area contributed by atoms with Crippen molar-refractivity contribution in [3.05, 3.63) is 70.3 Å². The van der Waals surface area contributed by atoms with E-state index in [1.165, 1.54) is 11.1 Å². The average molecular weight is 381 g/mol. The molecular weight excluding hydrogens is 354 g/mol. The number of hydroxylamine groups is 1. The monoisotopic (exact) mass is 381 g/mol. The van der Waals surface area contributed by atoms with Crippen molar-refractivity contribution in [2.24, 2.45) is 0 Å². The van der Waals surface area contributed by atoms with E-state index in [2.05, 4.69) is 41.2 Å². The van der Waals surface area contributed by atoms with E-state index in [1.807, 2.05) is 24.3 Å². The number of aliphatic hydroxyl groups is 1. The molecule has 148 valence electrons. The van der Waals surface area contributed by atoms with Gasteiger partial charge in [0.1, 0.15) is 12.4 Å². The van der Waals surface area contributed by atoms with Crippen LogP contribution in [-0.2, 0) is 17.7 Å². The topological polar surface area (TPSA) is 82.6 Å². The average Bonchev–Trinajstić information content (AvgIpc) is 3.35. The molecule has 4 N–H and O–H groups in total. The summed E-state index contributed by atoms with van der Waals surface area (Å²) in [6.07, 6.45) is 3.35. The number of carbonyl (C=O) groups is 1. The lowest BCUT2D eigenvalue weighted by Crippen LogP contribution is -2.27. The molecule has 2 unspecified atom stereocenters. The summed E-state index contributed by atoms with van der Waals surface area (Å²) in [5, 5.41) is 15.7. The van der Waals surface area contributed by atoms with Gasteiger partial charge in [-0.2, -0.15) is 5.48 Å². The normalized spacial score (nSPS) is 23.6. The zero-order valence-corrected chi connectivity index (χ0v) is 16.1. The SMILES string of the molecule is CCC1NC(c2ccc3c(c2)CC[C@H]3NC(=O)c2cccc(CCO)c2)NO1. The lowest BCUT2D eigenvalue weighted by molar-refractivity contribution is 0.0207. The molecule has 0 bridgehead atoms. The third-order valence-corrected chi connectivity index (χ3v) is 5.52. The number of hydrogen-bond acceptors (Lipinski definition) is 5. The van der Waals surface area contributed by atoms with E-state index in [0.29, 0.717) is 12.0 Å². The van der Waals surface area contributed by atoms with Gasteiger partial charge in [0.2, 0.25) is 0 Å². The largest absolute Gasteiger partial charge is 0.396 e. The van der Waals surface area contributed by atoms with E-state index in [0.717, 1.165) is 30.4 Å². The molecule has 2 aliphatic rings. The smallest absolute Gasteiger partial charge is 0.251 e. The highest BCUT2D eigenvalue weighted by Gasteiger charge is 2.28. The maximum Gasteiger partial charge on any atom is 0.251 e. The Balaban J connectivity index is 1.45. The number of rotatable bonds is 6. The van der Waals surface area contributed by atoms with Gasteiger partial charge in [0, 0.05) is 12.2 Å². The quantitative estimate of drug-likeness (QED) is 0.618. The highest BCUT2D eigenvalue weighted by Crippen LogP contribution is 2.33. The number of hydrogen-bond donors (Lipinski definition) is 4. The van der Waals surface area contributed by atoms with Gasteiger partial charge in [-0.25, -0.2) is 0 Å². The maximum absolute atomic E-state index is 12.7. The Labute approximate surface area is 165 Å². The molecule has 28 heavy (non-hydrogen) atoms. The van der Waals surface area contributed by atoms with Crippen molar-refractivity contribution in [3.63, 3.8) is 0 Å². The molecule has 0 spiro atoms. The highest BCUT2D eigenvalue weighted by molar-refractivity contribution is 5.94. The molecule has 2 aromatic rings. The van der Waals surface area contributed by atoms with Crippen LogP contribution in [0.1, 0.15) is 64.6 Å². The summed E-state index contributed by atoms with van der Waals surface area (Å²) >= 11 is 0. The van der Waals surface area contributed by atoms with Crippen molar-refractivity contribution in [1.29, 1.82) is 0 Å². The molecule has 1 saturated heterocycles. The van der Waals surface area contributed by atoms with Crippen LogP contribution in [0, 0.1) is 0 Å². The predicted molar refractivity (Wildman–Crippen MR) is 106 cm³/mol. The number of aryl methyl sites for hydroxylation is 1. The molecule has 0 aromatic heterocycles. The third kappa shape index (κ3) is 3.95. The molecule has 2 aromatic carbocycles. The molecule has 4 rings (SSSR count). The number of carbonyl (C=O) groups excluding carboxylic acids is 1. The van der Waals surface area contributed by atoms with Crippen LogP contribution >= 0.6 is 0 Å². The van der Waals surface area contributed by atoms with Crippen LogP contribution in [0.2, 0.25) is 0 Å². The Bertz CT molecular complexity index is 855. The van der Waals surface area contributed by atoms with Gasteiger partial charge in [-0.05, 0) is 60.1 Å². The first-order chi connectivity index (χ1) is 13.7. The fraction of sp³-hybridized carbons (Fsp3) is 0.409. The van der Waals surface area contributed by atoms with Crippen LogP contribution in [0.3, 0.4) is 0 Å². The maximum atomic E-state index is 12.7. The lowest BCUT2D eigenvalue weighted by atomic mass is 10.0. The Morgan fingerprint density at radius 1 is 1.29 bits per heavy atom. The summed E-state index contributed by atoms with van der Waals surface area (Å²) in [6, 6.07) is 13.9. The first kappa shape index (κ1) is 19.1. The Hall–Kier alpha value is -2.25. The van der Waals surface area contributed by atoms with Gasteiger partial charge >= 0.3 is 0 Å². The predicted octanol–water partition coefficient (Wildman–Crippen LogP) is 2.50. The van der Waals surface area contributed by atoms with E-state index in [1.54, 1.807) is 0 Å². The Morgan fingerprint density at radius 2 is 2.18 bits per heavy atom. The highest BCUT2D eigenvalue weighted by atomic mass is 16.7. The number of amides is 1. The first-order valence-corrected chi connectivity index (χ1v) is 9.98. The van der Waals surface area contributed by atoms with Gasteiger partial charge in [-0.3, -0.25) is 14.9 Å². The minimum Gasteiger partial charge on any atom is -0.396 e. The van der Waals surface area contributed by atoms with Gasteiger partial charge in [0.25, 0.3) is 5.91 Å². The molecule has 1 heterocycles. The van der Waals surface area contributed by atoms with Gasteiger partial charge in [-0.15, -0.1) is 0 Å². The number of benzene rings is 2. The molecule has 0 radical (unpaired) electrons. The molecule has 1 aliphatic heterocycles. The summed E-state index contributed by atoms with van der Waals surface area (Å²) in [7, 11) is 0. The molecule has 6 nitrogen and oxygen atoms in total. The second-order valence-electron chi connectivity index (χ2n) is 7.43. The number of aliphatic hydroxyl groups excluding tert-OH is 1. The minimum atomic E-state index is -0.0694. The van der Waals surface area contributed by atoms with Crippen LogP contribution in [0.5, 0.6) is 0 Å². The van der Waals surface area contributed by atoms with Gasteiger partial charge in [0.15, 0.2) is 0 Å². The molecule has 1 amide bonds. The van der Waals surface area contributed by atoms with Crippen LogP contribution in [0.4, 0.5) is 0 Å². The lowest BCUT2D eigenvalue weighted by Gasteiger charge is -2.16. The van der Waals surface area contributed by atoms with Crippen LogP contribution < -0.4 is 16.1 Å². The molecule has 3 atom stereocenters. The van der Waals surface area contributed by atoms with Crippen molar-refractivity contribution in [1.82, 2.24) is 16.1 Å².